The van der Waals surface area contributed by atoms with Crippen molar-refractivity contribution in [2.45, 2.75) is 6.54 Å². The van der Waals surface area contributed by atoms with E-state index in [0.29, 0.717) is 17.8 Å². The van der Waals surface area contributed by atoms with Crippen molar-refractivity contribution in [2.75, 3.05) is 0 Å². The van der Waals surface area contributed by atoms with E-state index in [4.69, 9.17) is 4.42 Å². The van der Waals surface area contributed by atoms with Gasteiger partial charge in [-0.05, 0) is 24.3 Å². The molecule has 5 nitrogen and oxygen atoms in total. The maximum absolute atomic E-state index is 11.7. The zero-order chi connectivity index (χ0) is 11.7. The monoisotopic (exact) mass is 227 g/mol. The van der Waals surface area contributed by atoms with E-state index in [0.717, 1.165) is 5.69 Å². The third-order valence-electron chi connectivity index (χ3n) is 2.47. The molecule has 84 valence electrons. The van der Waals surface area contributed by atoms with E-state index >= 15 is 0 Å². The minimum Gasteiger partial charge on any atom is -0.406 e. The van der Waals surface area contributed by atoms with Crippen molar-refractivity contribution >= 4 is 11.2 Å². The van der Waals surface area contributed by atoms with E-state index in [9.17, 15) is 4.79 Å². The lowest BCUT2D eigenvalue weighted by Gasteiger charge is -1.99. The fourth-order valence-corrected chi connectivity index (χ4v) is 1.69. The molecule has 5 heteroatoms. The fourth-order valence-electron chi connectivity index (χ4n) is 1.69. The van der Waals surface area contributed by atoms with Gasteiger partial charge in [-0.1, -0.05) is 6.07 Å². The van der Waals surface area contributed by atoms with E-state index in [1.807, 2.05) is 18.2 Å². The second-order valence-corrected chi connectivity index (χ2v) is 3.60. The Balaban J connectivity index is 2.12. The number of pyridine rings is 2. The van der Waals surface area contributed by atoms with Crippen molar-refractivity contribution in [1.29, 1.82) is 0 Å². The first kappa shape index (κ1) is 9.77. The van der Waals surface area contributed by atoms with Crippen LogP contribution < -0.4 is 5.76 Å². The maximum Gasteiger partial charge on any atom is 0.421 e. The Kier molecular flexibility index (Phi) is 2.22. The smallest absolute Gasteiger partial charge is 0.406 e. The SMILES string of the molecule is O=c1oc2cccnc2n1Cc1ccccn1. The minimum absolute atomic E-state index is 0.365. The third kappa shape index (κ3) is 1.71. The number of aromatic nitrogens is 3. The van der Waals surface area contributed by atoms with Gasteiger partial charge in [0.1, 0.15) is 0 Å². The molecule has 3 aromatic heterocycles. The molecule has 0 aliphatic carbocycles. The fraction of sp³-hybridized carbons (Fsp3) is 0.0833. The summed E-state index contributed by atoms with van der Waals surface area (Å²) >= 11 is 0. The van der Waals surface area contributed by atoms with Crippen LogP contribution in [0.15, 0.2) is 51.9 Å². The molecule has 0 aromatic carbocycles. The summed E-state index contributed by atoms with van der Waals surface area (Å²) in [7, 11) is 0. The molecule has 0 saturated heterocycles. The molecule has 3 rings (SSSR count). The molecular weight excluding hydrogens is 218 g/mol. The highest BCUT2D eigenvalue weighted by molar-refractivity contribution is 5.67. The normalized spacial score (nSPS) is 10.8. The summed E-state index contributed by atoms with van der Waals surface area (Å²) in [6.07, 6.45) is 3.32. The van der Waals surface area contributed by atoms with Gasteiger partial charge in [0, 0.05) is 12.4 Å². The largest absolute Gasteiger partial charge is 0.421 e. The molecule has 0 fully saturated rings. The zero-order valence-corrected chi connectivity index (χ0v) is 8.91. The Labute approximate surface area is 96.4 Å². The van der Waals surface area contributed by atoms with Crippen LogP contribution >= 0.6 is 0 Å². The van der Waals surface area contributed by atoms with E-state index in [2.05, 4.69) is 9.97 Å². The van der Waals surface area contributed by atoms with Crippen LogP contribution in [0.5, 0.6) is 0 Å². The first-order chi connectivity index (χ1) is 8.34. The lowest BCUT2D eigenvalue weighted by atomic mass is 10.3. The molecule has 17 heavy (non-hydrogen) atoms. The van der Waals surface area contributed by atoms with Crippen LogP contribution in [0.25, 0.3) is 11.2 Å². The first-order valence-electron chi connectivity index (χ1n) is 5.19. The molecular formula is C12H9N3O2. The van der Waals surface area contributed by atoms with E-state index in [1.54, 1.807) is 24.5 Å². The molecule has 0 aliphatic rings. The van der Waals surface area contributed by atoms with Gasteiger partial charge in [0.15, 0.2) is 11.2 Å². The standard InChI is InChI=1S/C12H9N3O2/c16-12-15(8-9-4-1-2-6-13-9)11-10(17-12)5-3-7-14-11/h1-7H,8H2. The van der Waals surface area contributed by atoms with Crippen molar-refractivity contribution in [3.63, 3.8) is 0 Å². The van der Waals surface area contributed by atoms with Crippen molar-refractivity contribution in [2.24, 2.45) is 0 Å². The van der Waals surface area contributed by atoms with E-state index in [-0.39, 0.29) is 0 Å². The Bertz CT molecular complexity index is 700. The van der Waals surface area contributed by atoms with Crippen molar-refractivity contribution in [1.82, 2.24) is 14.5 Å². The minimum atomic E-state index is -0.413. The predicted octanol–water partition coefficient (Wildman–Crippen LogP) is 1.43. The Morgan fingerprint density at radius 1 is 1.12 bits per heavy atom. The molecule has 0 aliphatic heterocycles. The number of oxazole rings is 1. The predicted molar refractivity (Wildman–Crippen MR) is 61.6 cm³/mol. The second kappa shape index (κ2) is 3.86. The number of rotatable bonds is 2. The number of hydrogen-bond donors (Lipinski definition) is 0. The highest BCUT2D eigenvalue weighted by atomic mass is 16.4. The van der Waals surface area contributed by atoms with Crippen molar-refractivity contribution in [3.8, 4) is 0 Å². The summed E-state index contributed by atoms with van der Waals surface area (Å²) in [4.78, 5) is 20.0. The molecule has 0 atom stereocenters. The van der Waals surface area contributed by atoms with Crippen LogP contribution in [-0.4, -0.2) is 14.5 Å². The molecule has 3 aromatic rings. The van der Waals surface area contributed by atoms with Gasteiger partial charge in [-0.25, -0.2) is 9.78 Å². The molecule has 0 unspecified atom stereocenters. The van der Waals surface area contributed by atoms with E-state index in [1.165, 1.54) is 4.57 Å². The van der Waals surface area contributed by atoms with Crippen LogP contribution in [0.4, 0.5) is 0 Å². The van der Waals surface area contributed by atoms with Gasteiger partial charge in [0.25, 0.3) is 0 Å². The Morgan fingerprint density at radius 3 is 2.82 bits per heavy atom. The molecule has 0 amide bonds. The van der Waals surface area contributed by atoms with Gasteiger partial charge in [0.05, 0.1) is 12.2 Å². The average Bonchev–Trinajstić information content (AvgIpc) is 2.68. The van der Waals surface area contributed by atoms with Gasteiger partial charge in [-0.3, -0.25) is 9.55 Å². The maximum atomic E-state index is 11.7. The molecule has 0 N–H and O–H groups in total. The van der Waals surface area contributed by atoms with Gasteiger partial charge < -0.3 is 4.42 Å². The van der Waals surface area contributed by atoms with Gasteiger partial charge in [-0.15, -0.1) is 0 Å². The molecule has 0 saturated carbocycles. The van der Waals surface area contributed by atoms with Gasteiger partial charge >= 0.3 is 5.76 Å². The Morgan fingerprint density at radius 2 is 2.00 bits per heavy atom. The summed E-state index contributed by atoms with van der Waals surface area (Å²) in [5.41, 5.74) is 1.83. The highest BCUT2D eigenvalue weighted by Gasteiger charge is 2.10. The van der Waals surface area contributed by atoms with Crippen LogP contribution in [0, 0.1) is 0 Å². The third-order valence-corrected chi connectivity index (χ3v) is 2.47. The van der Waals surface area contributed by atoms with Crippen molar-refractivity contribution < 1.29 is 4.42 Å². The van der Waals surface area contributed by atoms with E-state index < -0.39 is 5.76 Å². The molecule has 0 radical (unpaired) electrons. The van der Waals surface area contributed by atoms with Crippen molar-refractivity contribution in [3.05, 3.63) is 59.0 Å². The second-order valence-electron chi connectivity index (χ2n) is 3.60. The lowest BCUT2D eigenvalue weighted by molar-refractivity contribution is 0.516. The molecule has 0 spiro atoms. The topological polar surface area (TPSA) is 60.9 Å². The van der Waals surface area contributed by atoms with Crippen LogP contribution in [-0.2, 0) is 6.54 Å². The quantitative estimate of drug-likeness (QED) is 0.664. The summed E-state index contributed by atoms with van der Waals surface area (Å²) in [5.74, 6) is -0.413. The molecule has 0 bridgehead atoms. The zero-order valence-electron chi connectivity index (χ0n) is 8.91. The van der Waals surface area contributed by atoms with Crippen LogP contribution in [0.1, 0.15) is 5.69 Å². The van der Waals surface area contributed by atoms with Gasteiger partial charge in [-0.2, -0.15) is 0 Å². The molecule has 3 heterocycles. The number of hydrogen-bond acceptors (Lipinski definition) is 4. The summed E-state index contributed by atoms with van der Waals surface area (Å²) in [6, 6.07) is 9.02. The number of fused-ring (bicyclic) bond motifs is 1. The van der Waals surface area contributed by atoms with Crippen LogP contribution in [0.2, 0.25) is 0 Å². The first-order valence-corrected chi connectivity index (χ1v) is 5.19. The van der Waals surface area contributed by atoms with Gasteiger partial charge in [0.2, 0.25) is 0 Å². The summed E-state index contributed by atoms with van der Waals surface area (Å²) < 4.78 is 6.56. The average molecular weight is 227 g/mol. The highest BCUT2D eigenvalue weighted by Crippen LogP contribution is 2.09. The summed E-state index contributed by atoms with van der Waals surface area (Å²) in [5, 5.41) is 0. The Hall–Kier alpha value is -2.43. The summed E-state index contributed by atoms with van der Waals surface area (Å²) in [6.45, 7) is 0.365. The number of nitrogens with zero attached hydrogens (tertiary/aromatic N) is 3. The van der Waals surface area contributed by atoms with Crippen LogP contribution in [0.3, 0.4) is 0 Å². The lowest BCUT2D eigenvalue weighted by Crippen LogP contribution is -2.15.